The van der Waals surface area contributed by atoms with E-state index in [9.17, 15) is 19.8 Å². The van der Waals surface area contributed by atoms with Crippen molar-refractivity contribution in [3.8, 4) is 0 Å². The van der Waals surface area contributed by atoms with Crippen LogP contribution in [0, 0.1) is 0 Å². The molecule has 172 valence electrons. The summed E-state index contributed by atoms with van der Waals surface area (Å²) in [5.74, 6) is -0.210. The van der Waals surface area contributed by atoms with Crippen molar-refractivity contribution in [3.63, 3.8) is 0 Å². The highest BCUT2D eigenvalue weighted by Crippen LogP contribution is 2.31. The lowest BCUT2D eigenvalue weighted by molar-refractivity contribution is -0.137. The first-order valence-corrected chi connectivity index (χ1v) is 11.1. The average Bonchev–Trinajstić information content (AvgIpc) is 2.91. The largest absolute Gasteiger partial charge is 0.390 e. The van der Waals surface area contributed by atoms with Gasteiger partial charge in [0.05, 0.1) is 18.2 Å². The molecule has 2 unspecified atom stereocenters. The molecule has 8 heteroatoms. The van der Waals surface area contributed by atoms with Gasteiger partial charge in [0.15, 0.2) is 6.35 Å². The molecule has 3 heterocycles. The van der Waals surface area contributed by atoms with Crippen molar-refractivity contribution in [3.05, 3.63) is 69.6 Å². The van der Waals surface area contributed by atoms with Crippen LogP contribution in [0.25, 0.3) is 0 Å². The van der Waals surface area contributed by atoms with Gasteiger partial charge in [-0.2, -0.15) is 0 Å². The van der Waals surface area contributed by atoms with E-state index in [2.05, 4.69) is 23.1 Å². The topological polar surface area (TPSA) is 89.2 Å². The molecule has 1 fully saturated rings. The lowest BCUT2D eigenvalue weighted by atomic mass is 9.99. The van der Waals surface area contributed by atoms with E-state index in [0.717, 1.165) is 25.1 Å². The quantitative estimate of drug-likeness (QED) is 0.680. The van der Waals surface area contributed by atoms with Gasteiger partial charge in [-0.3, -0.25) is 19.4 Å². The third kappa shape index (κ3) is 4.36. The van der Waals surface area contributed by atoms with Crippen LogP contribution >= 0.6 is 0 Å². The highest BCUT2D eigenvalue weighted by Gasteiger charge is 2.51. The highest BCUT2D eigenvalue weighted by atomic mass is 16.3. The number of carbonyl (C=O) groups is 1. The molecule has 0 spiro atoms. The van der Waals surface area contributed by atoms with Crippen LogP contribution in [0.3, 0.4) is 0 Å². The van der Waals surface area contributed by atoms with Gasteiger partial charge in [0.1, 0.15) is 0 Å². The van der Waals surface area contributed by atoms with E-state index < -0.39 is 18.0 Å². The van der Waals surface area contributed by atoms with Gasteiger partial charge >= 0.3 is 0 Å². The smallest absolute Gasteiger partial charge is 0.250 e. The van der Waals surface area contributed by atoms with Gasteiger partial charge < -0.3 is 14.8 Å². The van der Waals surface area contributed by atoms with Gasteiger partial charge in [-0.25, -0.2) is 4.90 Å². The van der Waals surface area contributed by atoms with Crippen LogP contribution < -0.4 is 5.56 Å². The summed E-state index contributed by atoms with van der Waals surface area (Å²) >= 11 is 0. The third-order valence-corrected chi connectivity index (χ3v) is 6.65. The number of amides is 1. The molecular weight excluding hydrogens is 408 g/mol. The summed E-state index contributed by atoms with van der Waals surface area (Å²) in [7, 11) is 1.65. The number of aromatic nitrogens is 1. The molecule has 1 saturated heterocycles. The number of hydrogen-bond acceptors (Lipinski definition) is 6. The number of rotatable bonds is 6. The van der Waals surface area contributed by atoms with Crippen LogP contribution in [0.5, 0.6) is 0 Å². The van der Waals surface area contributed by atoms with Crippen molar-refractivity contribution in [2.75, 3.05) is 19.6 Å². The predicted octanol–water partition coefficient (Wildman–Crippen LogP) is 0.503. The Morgan fingerprint density at radius 3 is 2.53 bits per heavy atom. The van der Waals surface area contributed by atoms with Crippen molar-refractivity contribution in [1.29, 1.82) is 0 Å². The fraction of sp³-hybridized carbons (Fsp3) is 0.500. The molecule has 2 aromatic rings. The molecule has 0 bridgehead atoms. The Balaban J connectivity index is 1.42. The number of fused-ring (bicyclic) bond motifs is 1. The third-order valence-electron chi connectivity index (χ3n) is 6.65. The number of hydrogen-bond donors (Lipinski definition) is 2. The average molecular weight is 441 g/mol. The van der Waals surface area contributed by atoms with Crippen molar-refractivity contribution in [1.82, 2.24) is 19.3 Å². The maximum absolute atomic E-state index is 13.1. The van der Waals surface area contributed by atoms with Crippen molar-refractivity contribution in [2.24, 2.45) is 7.05 Å². The number of aliphatic hydroxyl groups is 2. The molecule has 0 saturated carbocycles. The second-order valence-electron chi connectivity index (χ2n) is 9.38. The number of aliphatic hydroxyl groups excluding tert-OH is 2. The maximum Gasteiger partial charge on any atom is 0.250 e. The van der Waals surface area contributed by atoms with E-state index in [1.54, 1.807) is 38.1 Å². The van der Waals surface area contributed by atoms with E-state index in [1.807, 2.05) is 6.07 Å². The Labute approximate surface area is 188 Å². The molecule has 4 rings (SSSR count). The van der Waals surface area contributed by atoms with E-state index in [0.29, 0.717) is 6.54 Å². The van der Waals surface area contributed by atoms with Crippen LogP contribution in [-0.4, -0.2) is 73.0 Å². The standard InChI is InChI=1S/C24H32N4O4/c1-24(2)22(31)27(13-17-8-9-21(30)25(3)12-17)23(32)28(24)16-20(29)15-26-11-10-18-6-4-5-7-19(18)14-26/h4-9,12,20,23,29,32H,10-11,13-16H2,1-3H3. The monoisotopic (exact) mass is 440 g/mol. The zero-order chi connectivity index (χ0) is 23.0. The fourth-order valence-electron chi connectivity index (χ4n) is 4.75. The first kappa shape index (κ1) is 22.7. The molecule has 2 aliphatic heterocycles. The first-order valence-electron chi connectivity index (χ1n) is 11.1. The second kappa shape index (κ2) is 8.78. The lowest BCUT2D eigenvalue weighted by Crippen LogP contribution is -2.51. The summed E-state index contributed by atoms with van der Waals surface area (Å²) in [6, 6.07) is 11.5. The molecule has 32 heavy (non-hydrogen) atoms. The Kier molecular flexibility index (Phi) is 6.22. The molecule has 0 radical (unpaired) electrons. The van der Waals surface area contributed by atoms with Crippen LogP contribution in [-0.2, 0) is 31.4 Å². The fourth-order valence-corrected chi connectivity index (χ4v) is 4.75. The normalized spacial score (nSPS) is 22.2. The predicted molar refractivity (Wildman–Crippen MR) is 120 cm³/mol. The van der Waals surface area contributed by atoms with Crippen molar-refractivity contribution in [2.45, 2.75) is 51.4 Å². The minimum atomic E-state index is -1.15. The summed E-state index contributed by atoms with van der Waals surface area (Å²) in [6.45, 7) is 6.04. The summed E-state index contributed by atoms with van der Waals surface area (Å²) < 4.78 is 1.45. The highest BCUT2D eigenvalue weighted by molar-refractivity contribution is 5.87. The van der Waals surface area contributed by atoms with Gasteiger partial charge in [0.25, 0.3) is 0 Å². The van der Waals surface area contributed by atoms with Crippen LogP contribution in [0.15, 0.2) is 47.4 Å². The molecule has 2 atom stereocenters. The van der Waals surface area contributed by atoms with Crippen LogP contribution in [0.1, 0.15) is 30.5 Å². The number of benzene rings is 1. The summed E-state index contributed by atoms with van der Waals surface area (Å²) in [6.07, 6.45) is 0.763. The Hall–Kier alpha value is -2.52. The molecule has 2 N–H and O–H groups in total. The van der Waals surface area contributed by atoms with Gasteiger partial charge in [0, 0.05) is 45.5 Å². The molecule has 8 nitrogen and oxygen atoms in total. The van der Waals surface area contributed by atoms with E-state index in [4.69, 9.17) is 0 Å². The van der Waals surface area contributed by atoms with Gasteiger partial charge in [-0.15, -0.1) is 0 Å². The van der Waals surface area contributed by atoms with Gasteiger partial charge in [0.2, 0.25) is 11.5 Å². The first-order chi connectivity index (χ1) is 15.2. The zero-order valence-corrected chi connectivity index (χ0v) is 18.9. The van der Waals surface area contributed by atoms with Crippen molar-refractivity contribution < 1.29 is 15.0 Å². The lowest BCUT2D eigenvalue weighted by Gasteiger charge is -2.35. The van der Waals surface area contributed by atoms with E-state index >= 15 is 0 Å². The number of nitrogens with zero attached hydrogens (tertiary/aromatic N) is 4. The van der Waals surface area contributed by atoms with Gasteiger partial charge in [-0.05, 0) is 37.0 Å². The van der Waals surface area contributed by atoms with E-state index in [-0.39, 0.29) is 24.6 Å². The SMILES string of the molecule is Cn1cc(CN2C(=O)C(C)(C)N(CC(O)CN3CCc4ccccc4C3)C2O)ccc1=O. The van der Waals surface area contributed by atoms with Crippen molar-refractivity contribution >= 4 is 5.91 Å². The Morgan fingerprint density at radius 1 is 1.09 bits per heavy atom. The Morgan fingerprint density at radius 2 is 1.81 bits per heavy atom. The van der Waals surface area contributed by atoms with E-state index in [1.165, 1.54) is 26.7 Å². The zero-order valence-electron chi connectivity index (χ0n) is 18.9. The molecular formula is C24H32N4O4. The summed E-state index contributed by atoms with van der Waals surface area (Å²) in [5, 5.41) is 21.8. The number of aryl methyl sites for hydroxylation is 1. The second-order valence-corrected chi connectivity index (χ2v) is 9.38. The molecule has 1 amide bonds. The number of pyridine rings is 1. The minimum Gasteiger partial charge on any atom is -0.390 e. The number of β-amino-alcohol motifs (C(OH)–C–C–N with tert-alkyl or cyclic N) is 1. The molecule has 2 aliphatic rings. The summed E-state index contributed by atoms with van der Waals surface area (Å²) in [4.78, 5) is 30.0. The van der Waals surface area contributed by atoms with Gasteiger partial charge in [-0.1, -0.05) is 30.3 Å². The molecule has 0 aliphatic carbocycles. The van der Waals surface area contributed by atoms with Crippen LogP contribution in [0.4, 0.5) is 0 Å². The van der Waals surface area contributed by atoms with Crippen LogP contribution in [0.2, 0.25) is 0 Å². The Bertz CT molecular complexity index is 1050. The molecule has 1 aromatic carbocycles. The number of carbonyl (C=O) groups excluding carboxylic acids is 1. The minimum absolute atomic E-state index is 0.132. The molecule has 1 aromatic heterocycles. The summed E-state index contributed by atoms with van der Waals surface area (Å²) in [5.41, 5.74) is 2.31. The maximum atomic E-state index is 13.1.